The van der Waals surface area contributed by atoms with Gasteiger partial charge in [-0.25, -0.2) is 9.97 Å². The summed E-state index contributed by atoms with van der Waals surface area (Å²) in [6.07, 6.45) is 4.18. The molecule has 1 aromatic carbocycles. The minimum Gasteiger partial charge on any atom is -0.399 e. The van der Waals surface area contributed by atoms with Gasteiger partial charge in [0.05, 0.1) is 23.3 Å². The molecule has 2 aliphatic rings. The Morgan fingerprint density at radius 2 is 2.00 bits per heavy atom. The predicted octanol–water partition coefficient (Wildman–Crippen LogP) is 2.45. The molecule has 4 rings (SSSR count). The fraction of sp³-hybridized carbons (Fsp3) is 0.636. The lowest BCUT2D eigenvalue weighted by atomic mass is 9.78. The number of benzene rings is 1. The van der Waals surface area contributed by atoms with E-state index in [0.29, 0.717) is 12.0 Å². The summed E-state index contributed by atoms with van der Waals surface area (Å²) in [4.78, 5) is 11.7. The molecule has 2 fully saturated rings. The van der Waals surface area contributed by atoms with Crippen molar-refractivity contribution in [1.82, 2.24) is 14.9 Å². The third kappa shape index (κ3) is 4.47. The molecule has 1 aromatic heterocycles. The number of fused-ring (bicyclic) bond motifs is 1. The molecule has 0 spiro atoms. The molecule has 1 unspecified atom stereocenters. The van der Waals surface area contributed by atoms with E-state index in [9.17, 15) is 0 Å². The molecule has 162 valence electrons. The van der Waals surface area contributed by atoms with E-state index >= 15 is 0 Å². The number of likely N-dealkylation sites (tertiary alicyclic amines) is 1. The zero-order chi connectivity index (χ0) is 21.4. The monoisotopic (exact) mass is 412 g/mol. The van der Waals surface area contributed by atoms with Crippen molar-refractivity contribution in [3.63, 3.8) is 0 Å². The summed E-state index contributed by atoms with van der Waals surface area (Å²) in [6, 6.07) is 6.48. The fourth-order valence-corrected chi connectivity index (χ4v) is 4.03. The van der Waals surface area contributed by atoms with Crippen LogP contribution in [0.15, 0.2) is 24.4 Å². The molecule has 3 heterocycles. The maximum absolute atomic E-state index is 6.17. The molecule has 2 aliphatic heterocycles. The Hall–Kier alpha value is -1.74. The average Bonchev–Trinajstić information content (AvgIpc) is 2.93. The number of nitrogens with zero attached hydrogens (tertiary/aromatic N) is 3. The molecule has 0 bridgehead atoms. The second-order valence-corrected chi connectivity index (χ2v) is 9.38. The number of aromatic nitrogens is 2. The van der Waals surface area contributed by atoms with E-state index in [1.807, 2.05) is 18.3 Å². The Morgan fingerprint density at radius 1 is 1.23 bits per heavy atom. The summed E-state index contributed by atoms with van der Waals surface area (Å²) in [6.45, 7) is 12.1. The molecular formula is C22H33BN4O3. The second-order valence-electron chi connectivity index (χ2n) is 9.38. The summed E-state index contributed by atoms with van der Waals surface area (Å²) >= 11 is 0. The fourth-order valence-electron chi connectivity index (χ4n) is 4.03. The number of anilines is 1. The molecule has 0 radical (unpaired) electrons. The first kappa shape index (κ1) is 21.5. The van der Waals surface area contributed by atoms with Crippen LogP contribution in [0.2, 0.25) is 0 Å². The highest BCUT2D eigenvalue weighted by Crippen LogP contribution is 2.36. The van der Waals surface area contributed by atoms with Crippen LogP contribution >= 0.6 is 0 Å². The number of rotatable bonds is 6. The molecule has 2 aromatic rings. The SMILES string of the molecule is COCCN1CCCC(Nc2ncc3cc(B4OC(C)(C)C(C)(C)O4)ccc3n2)C1. The van der Waals surface area contributed by atoms with Crippen LogP contribution in [0.25, 0.3) is 10.9 Å². The number of hydrogen-bond donors (Lipinski definition) is 1. The molecule has 1 atom stereocenters. The van der Waals surface area contributed by atoms with E-state index < -0.39 is 0 Å². The number of methoxy groups -OCH3 is 1. The van der Waals surface area contributed by atoms with Crippen LogP contribution in [-0.2, 0) is 14.0 Å². The first-order valence-electron chi connectivity index (χ1n) is 10.9. The quantitative estimate of drug-likeness (QED) is 0.731. The van der Waals surface area contributed by atoms with Gasteiger partial charge in [0.2, 0.25) is 5.95 Å². The van der Waals surface area contributed by atoms with Crippen molar-refractivity contribution >= 4 is 29.4 Å². The minimum atomic E-state index is -0.377. The van der Waals surface area contributed by atoms with Crippen molar-refractivity contribution in [2.75, 3.05) is 38.7 Å². The largest absolute Gasteiger partial charge is 0.494 e. The Labute approximate surface area is 179 Å². The van der Waals surface area contributed by atoms with Crippen LogP contribution in [0.1, 0.15) is 40.5 Å². The van der Waals surface area contributed by atoms with E-state index in [-0.39, 0.29) is 18.3 Å². The van der Waals surface area contributed by atoms with Gasteiger partial charge in [-0.2, -0.15) is 0 Å². The van der Waals surface area contributed by atoms with Gasteiger partial charge in [0, 0.05) is 37.8 Å². The van der Waals surface area contributed by atoms with E-state index in [2.05, 4.69) is 49.0 Å². The van der Waals surface area contributed by atoms with E-state index in [4.69, 9.17) is 19.0 Å². The maximum Gasteiger partial charge on any atom is 0.494 e. The van der Waals surface area contributed by atoms with Crippen LogP contribution < -0.4 is 10.8 Å². The van der Waals surface area contributed by atoms with Gasteiger partial charge in [-0.15, -0.1) is 0 Å². The predicted molar refractivity (Wildman–Crippen MR) is 120 cm³/mol. The second kappa shape index (κ2) is 8.42. The minimum absolute atomic E-state index is 0.353. The molecule has 8 heteroatoms. The van der Waals surface area contributed by atoms with Crippen molar-refractivity contribution in [1.29, 1.82) is 0 Å². The van der Waals surface area contributed by atoms with Gasteiger partial charge in [0.25, 0.3) is 0 Å². The molecule has 30 heavy (non-hydrogen) atoms. The number of ether oxygens (including phenoxy) is 1. The summed E-state index contributed by atoms with van der Waals surface area (Å²) in [7, 11) is 1.37. The normalized spacial score (nSPS) is 23.8. The van der Waals surface area contributed by atoms with Gasteiger partial charge in [-0.05, 0) is 58.6 Å². The molecule has 1 N–H and O–H groups in total. The molecule has 2 saturated heterocycles. The zero-order valence-corrected chi connectivity index (χ0v) is 18.8. The summed E-state index contributed by atoms with van der Waals surface area (Å²) in [5, 5.41) is 4.50. The van der Waals surface area contributed by atoms with Crippen LogP contribution in [0.5, 0.6) is 0 Å². The van der Waals surface area contributed by atoms with Crippen LogP contribution in [0.3, 0.4) is 0 Å². The van der Waals surface area contributed by atoms with Gasteiger partial charge in [0.15, 0.2) is 0 Å². The molecular weight excluding hydrogens is 379 g/mol. The lowest BCUT2D eigenvalue weighted by Gasteiger charge is -2.32. The maximum atomic E-state index is 6.17. The average molecular weight is 412 g/mol. The van der Waals surface area contributed by atoms with Gasteiger partial charge in [0.1, 0.15) is 0 Å². The highest BCUT2D eigenvalue weighted by Gasteiger charge is 2.51. The van der Waals surface area contributed by atoms with Crippen LogP contribution in [-0.4, -0.2) is 72.6 Å². The Balaban J connectivity index is 1.45. The van der Waals surface area contributed by atoms with Crippen LogP contribution in [0, 0.1) is 0 Å². The van der Waals surface area contributed by atoms with Crippen molar-refractivity contribution in [3.05, 3.63) is 24.4 Å². The van der Waals surface area contributed by atoms with Crippen LogP contribution in [0.4, 0.5) is 5.95 Å². The number of nitrogens with one attached hydrogen (secondary N) is 1. The zero-order valence-electron chi connectivity index (χ0n) is 18.8. The Bertz CT molecular complexity index is 876. The molecule has 7 nitrogen and oxygen atoms in total. The number of piperidine rings is 1. The van der Waals surface area contributed by atoms with Crippen molar-refractivity contribution in [2.45, 2.75) is 57.8 Å². The highest BCUT2D eigenvalue weighted by atomic mass is 16.7. The third-order valence-corrected chi connectivity index (χ3v) is 6.58. The first-order valence-corrected chi connectivity index (χ1v) is 10.9. The molecule has 0 amide bonds. The summed E-state index contributed by atoms with van der Waals surface area (Å²) < 4.78 is 17.6. The van der Waals surface area contributed by atoms with Crippen molar-refractivity contribution in [3.8, 4) is 0 Å². The Kier molecular flexibility index (Phi) is 6.03. The van der Waals surface area contributed by atoms with Crippen molar-refractivity contribution in [2.24, 2.45) is 0 Å². The first-order chi connectivity index (χ1) is 14.3. The number of hydrogen-bond acceptors (Lipinski definition) is 7. The van der Waals surface area contributed by atoms with E-state index in [0.717, 1.165) is 49.0 Å². The van der Waals surface area contributed by atoms with Gasteiger partial charge >= 0.3 is 7.12 Å². The third-order valence-electron chi connectivity index (χ3n) is 6.58. The van der Waals surface area contributed by atoms with Gasteiger partial charge in [-0.3, -0.25) is 4.90 Å². The summed E-state index contributed by atoms with van der Waals surface area (Å²) in [5.41, 5.74) is 1.20. The molecule has 0 aliphatic carbocycles. The lowest BCUT2D eigenvalue weighted by Crippen LogP contribution is -2.43. The Morgan fingerprint density at radius 3 is 2.73 bits per heavy atom. The standard InChI is InChI=1S/C22H33BN4O3/c1-21(2)22(3,4)30-23(29-21)17-8-9-19-16(13-17)14-24-20(26-19)25-18-7-6-10-27(15-18)11-12-28-5/h8-9,13-14,18H,6-7,10-12,15H2,1-5H3,(H,24,25,26). The van der Waals surface area contributed by atoms with Crippen molar-refractivity contribution < 1.29 is 14.0 Å². The highest BCUT2D eigenvalue weighted by molar-refractivity contribution is 6.62. The lowest BCUT2D eigenvalue weighted by molar-refractivity contribution is 0.00578. The van der Waals surface area contributed by atoms with E-state index in [1.165, 1.54) is 6.42 Å². The van der Waals surface area contributed by atoms with E-state index in [1.54, 1.807) is 7.11 Å². The summed E-state index contributed by atoms with van der Waals surface area (Å²) in [5.74, 6) is 0.685. The van der Waals surface area contributed by atoms with Gasteiger partial charge < -0.3 is 19.4 Å². The smallest absolute Gasteiger partial charge is 0.399 e. The topological polar surface area (TPSA) is 68.7 Å². The van der Waals surface area contributed by atoms with Gasteiger partial charge in [-0.1, -0.05) is 12.1 Å². The molecule has 0 saturated carbocycles.